The Labute approximate surface area is 142 Å². The maximum Gasteiger partial charge on any atom is 0.280 e. The van der Waals surface area contributed by atoms with E-state index in [2.05, 4.69) is 5.32 Å². The summed E-state index contributed by atoms with van der Waals surface area (Å²) in [5, 5.41) is 13.7. The number of rotatable bonds is 6. The van der Waals surface area contributed by atoms with Gasteiger partial charge in [-0.2, -0.15) is 0 Å². The molecule has 0 fully saturated rings. The van der Waals surface area contributed by atoms with Crippen LogP contribution in [0.2, 0.25) is 0 Å². The second kappa shape index (κ2) is 7.31. The standard InChI is InChI=1S/C18H14N2O5/c21-18(19-12-14-4-3-11-24-14)10-8-13-7-9-17(25-13)15-5-1-2-6-16(15)20(22)23/h1-11H,12H2,(H,19,21)/b10-8+. The molecule has 0 spiro atoms. The number of carbonyl (C=O) groups is 1. The first-order valence-corrected chi connectivity index (χ1v) is 7.45. The van der Waals surface area contributed by atoms with Gasteiger partial charge in [-0.05, 0) is 36.4 Å². The number of furan rings is 2. The molecule has 0 saturated heterocycles. The maximum absolute atomic E-state index is 11.8. The minimum Gasteiger partial charge on any atom is -0.467 e. The number of para-hydroxylation sites is 1. The predicted octanol–water partition coefficient (Wildman–Crippen LogP) is 3.78. The summed E-state index contributed by atoms with van der Waals surface area (Å²) < 4.78 is 10.7. The lowest BCUT2D eigenvalue weighted by Gasteiger charge is -1.99. The van der Waals surface area contributed by atoms with E-state index in [4.69, 9.17) is 8.83 Å². The summed E-state index contributed by atoms with van der Waals surface area (Å²) in [6.45, 7) is 0.287. The van der Waals surface area contributed by atoms with E-state index in [1.54, 1.807) is 42.5 Å². The number of nitro benzene ring substituents is 1. The highest BCUT2D eigenvalue weighted by molar-refractivity contribution is 5.91. The summed E-state index contributed by atoms with van der Waals surface area (Å²) in [6.07, 6.45) is 4.35. The molecule has 1 aromatic carbocycles. The van der Waals surface area contributed by atoms with Crippen molar-refractivity contribution in [2.75, 3.05) is 0 Å². The molecule has 0 unspecified atom stereocenters. The molecule has 0 aliphatic carbocycles. The lowest BCUT2D eigenvalue weighted by molar-refractivity contribution is -0.384. The third-order valence-corrected chi connectivity index (χ3v) is 3.41. The number of hydrogen-bond acceptors (Lipinski definition) is 5. The first-order valence-electron chi connectivity index (χ1n) is 7.45. The Kier molecular flexibility index (Phi) is 4.75. The van der Waals surface area contributed by atoms with Gasteiger partial charge in [-0.25, -0.2) is 0 Å². The van der Waals surface area contributed by atoms with Crippen molar-refractivity contribution in [3.63, 3.8) is 0 Å². The van der Waals surface area contributed by atoms with Gasteiger partial charge in [-0.1, -0.05) is 12.1 Å². The molecule has 7 heteroatoms. The molecule has 1 N–H and O–H groups in total. The van der Waals surface area contributed by atoms with Crippen LogP contribution in [0.4, 0.5) is 5.69 Å². The van der Waals surface area contributed by atoms with Gasteiger partial charge in [0.2, 0.25) is 5.91 Å². The Bertz CT molecular complexity index is 909. The molecule has 0 atom stereocenters. The summed E-state index contributed by atoms with van der Waals surface area (Å²) in [5.41, 5.74) is 0.345. The van der Waals surface area contributed by atoms with Crippen LogP contribution in [-0.4, -0.2) is 10.8 Å². The molecule has 3 aromatic rings. The molecule has 126 valence electrons. The molecule has 0 aliphatic heterocycles. The van der Waals surface area contributed by atoms with Crippen molar-refractivity contribution in [1.82, 2.24) is 5.32 Å². The van der Waals surface area contributed by atoms with Crippen molar-refractivity contribution in [2.45, 2.75) is 6.54 Å². The van der Waals surface area contributed by atoms with Crippen molar-refractivity contribution in [3.8, 4) is 11.3 Å². The minimum absolute atomic E-state index is 0.0384. The lowest BCUT2D eigenvalue weighted by Crippen LogP contribution is -2.19. The molecule has 3 rings (SSSR count). The first kappa shape index (κ1) is 16.3. The Hall–Kier alpha value is -3.61. The number of hydrogen-bond donors (Lipinski definition) is 1. The van der Waals surface area contributed by atoms with E-state index in [-0.39, 0.29) is 18.1 Å². The third kappa shape index (κ3) is 4.03. The van der Waals surface area contributed by atoms with Crippen LogP contribution >= 0.6 is 0 Å². The Morgan fingerprint density at radius 2 is 2.00 bits per heavy atom. The first-order chi connectivity index (χ1) is 12.1. The number of amides is 1. The highest BCUT2D eigenvalue weighted by atomic mass is 16.6. The van der Waals surface area contributed by atoms with E-state index >= 15 is 0 Å². The molecule has 25 heavy (non-hydrogen) atoms. The summed E-state index contributed by atoms with van der Waals surface area (Å²) in [7, 11) is 0. The Morgan fingerprint density at radius 3 is 2.76 bits per heavy atom. The quantitative estimate of drug-likeness (QED) is 0.419. The van der Waals surface area contributed by atoms with Crippen LogP contribution in [0, 0.1) is 10.1 Å². The van der Waals surface area contributed by atoms with Crippen molar-refractivity contribution in [1.29, 1.82) is 0 Å². The van der Waals surface area contributed by atoms with E-state index in [0.717, 1.165) is 0 Å². The summed E-state index contributed by atoms with van der Waals surface area (Å²) in [4.78, 5) is 22.4. The topological polar surface area (TPSA) is 98.5 Å². The molecule has 0 aliphatic rings. The highest BCUT2D eigenvalue weighted by Gasteiger charge is 2.16. The average Bonchev–Trinajstić information content (AvgIpc) is 3.30. The molecule has 1 amide bonds. The average molecular weight is 338 g/mol. The van der Waals surface area contributed by atoms with Crippen LogP contribution in [0.5, 0.6) is 0 Å². The van der Waals surface area contributed by atoms with Gasteiger partial charge < -0.3 is 14.2 Å². The van der Waals surface area contributed by atoms with Gasteiger partial charge in [-0.3, -0.25) is 14.9 Å². The van der Waals surface area contributed by atoms with Crippen LogP contribution in [0.25, 0.3) is 17.4 Å². The van der Waals surface area contributed by atoms with Crippen molar-refractivity contribution in [3.05, 3.63) is 82.5 Å². The smallest absolute Gasteiger partial charge is 0.280 e. The van der Waals surface area contributed by atoms with Gasteiger partial charge in [0.15, 0.2) is 0 Å². The monoisotopic (exact) mass is 338 g/mol. The second-order valence-corrected chi connectivity index (χ2v) is 5.11. The lowest BCUT2D eigenvalue weighted by atomic mass is 10.1. The zero-order valence-electron chi connectivity index (χ0n) is 13.0. The molecule has 0 saturated carbocycles. The molecule has 7 nitrogen and oxygen atoms in total. The van der Waals surface area contributed by atoms with Gasteiger partial charge in [0, 0.05) is 12.1 Å². The fourth-order valence-corrected chi connectivity index (χ4v) is 2.23. The van der Waals surface area contributed by atoms with E-state index in [9.17, 15) is 14.9 Å². The molecule has 2 heterocycles. The fraction of sp³-hybridized carbons (Fsp3) is 0.0556. The van der Waals surface area contributed by atoms with Crippen LogP contribution < -0.4 is 5.32 Å². The van der Waals surface area contributed by atoms with Crippen LogP contribution in [-0.2, 0) is 11.3 Å². The number of benzene rings is 1. The molecular formula is C18H14N2O5. The van der Waals surface area contributed by atoms with Crippen LogP contribution in [0.15, 0.2) is 69.7 Å². The van der Waals surface area contributed by atoms with Gasteiger partial charge in [0.05, 0.1) is 23.3 Å². The zero-order chi connectivity index (χ0) is 17.6. The summed E-state index contributed by atoms with van der Waals surface area (Å²) in [5.74, 6) is 1.13. The van der Waals surface area contributed by atoms with E-state index in [1.807, 2.05) is 0 Å². The maximum atomic E-state index is 11.8. The van der Waals surface area contributed by atoms with Crippen molar-refractivity contribution in [2.24, 2.45) is 0 Å². The highest BCUT2D eigenvalue weighted by Crippen LogP contribution is 2.31. The summed E-state index contributed by atoms with van der Waals surface area (Å²) >= 11 is 0. The number of nitrogens with zero attached hydrogens (tertiary/aromatic N) is 1. The van der Waals surface area contributed by atoms with Crippen molar-refractivity contribution >= 4 is 17.7 Å². The van der Waals surface area contributed by atoms with Gasteiger partial charge in [0.25, 0.3) is 5.69 Å². The Balaban J connectivity index is 1.67. The van der Waals surface area contributed by atoms with Gasteiger partial charge in [-0.15, -0.1) is 0 Å². The minimum atomic E-state index is -0.463. The fourth-order valence-electron chi connectivity index (χ4n) is 2.23. The van der Waals surface area contributed by atoms with E-state index < -0.39 is 4.92 Å². The molecular weight excluding hydrogens is 324 g/mol. The second-order valence-electron chi connectivity index (χ2n) is 5.11. The largest absolute Gasteiger partial charge is 0.467 e. The predicted molar refractivity (Wildman–Crippen MR) is 90.4 cm³/mol. The third-order valence-electron chi connectivity index (χ3n) is 3.41. The van der Waals surface area contributed by atoms with Crippen LogP contribution in [0.1, 0.15) is 11.5 Å². The zero-order valence-corrected chi connectivity index (χ0v) is 13.0. The normalized spacial score (nSPS) is 10.9. The molecule has 0 bridgehead atoms. The van der Waals surface area contributed by atoms with E-state index in [0.29, 0.717) is 22.8 Å². The van der Waals surface area contributed by atoms with Gasteiger partial charge >= 0.3 is 0 Å². The molecule has 0 radical (unpaired) electrons. The number of nitrogens with one attached hydrogen (secondary N) is 1. The molecule has 2 aromatic heterocycles. The van der Waals surface area contributed by atoms with Crippen LogP contribution in [0.3, 0.4) is 0 Å². The van der Waals surface area contributed by atoms with Gasteiger partial charge in [0.1, 0.15) is 17.3 Å². The number of carbonyl (C=O) groups excluding carboxylic acids is 1. The SMILES string of the molecule is O=C(/C=C/c1ccc(-c2ccccc2[N+](=O)[O-])o1)NCc1ccco1. The van der Waals surface area contributed by atoms with E-state index in [1.165, 1.54) is 24.5 Å². The summed E-state index contributed by atoms with van der Waals surface area (Å²) in [6, 6.07) is 13.1. The Morgan fingerprint density at radius 1 is 1.16 bits per heavy atom. The number of nitro groups is 1. The van der Waals surface area contributed by atoms with Crippen molar-refractivity contribution < 1.29 is 18.6 Å².